The van der Waals surface area contributed by atoms with Gasteiger partial charge in [0.05, 0.1) is 0 Å². The number of alkyl halides is 3. The number of nitrogens with zero attached hydrogens (tertiary/aromatic N) is 2. The molecular formula is C19H15F4N3O2. The number of nitrogens with one attached hydrogen (secondary N) is 1. The van der Waals surface area contributed by atoms with E-state index < -0.39 is 17.8 Å². The van der Waals surface area contributed by atoms with Gasteiger partial charge in [-0.15, -0.1) is 0 Å². The van der Waals surface area contributed by atoms with E-state index >= 15 is 0 Å². The van der Waals surface area contributed by atoms with Crippen LogP contribution in [0.4, 0.5) is 23.2 Å². The molecule has 28 heavy (non-hydrogen) atoms. The summed E-state index contributed by atoms with van der Waals surface area (Å²) in [6.07, 6.45) is -4.60. The van der Waals surface area contributed by atoms with E-state index in [9.17, 15) is 22.4 Å². The van der Waals surface area contributed by atoms with Crippen molar-refractivity contribution in [1.82, 2.24) is 9.78 Å². The summed E-state index contributed by atoms with van der Waals surface area (Å²) in [5, 5.41) is 6.06. The molecule has 0 bridgehead atoms. The summed E-state index contributed by atoms with van der Waals surface area (Å²) in [5.41, 5.74) is -0.338. The monoisotopic (exact) mass is 393 g/mol. The number of carbonyl (C=O) groups is 1. The molecular weight excluding hydrogens is 378 g/mol. The lowest BCUT2D eigenvalue weighted by atomic mass is 10.2. The summed E-state index contributed by atoms with van der Waals surface area (Å²) in [6.45, 7) is 0.164. The van der Waals surface area contributed by atoms with Crippen LogP contribution in [0.5, 0.6) is 5.75 Å². The standard InChI is InChI=1S/C19H15F4N3O2/c1-26-17(19(21,22)23)10-16(25-26)18(27)24-14-5-7-15(8-6-14)28-11-12-3-2-4-13(20)9-12/h2-10H,11H2,1H3,(H,24,27). The maximum absolute atomic E-state index is 13.1. The molecule has 1 heterocycles. The quantitative estimate of drug-likeness (QED) is 0.654. The van der Waals surface area contributed by atoms with Crippen LogP contribution in [0.2, 0.25) is 0 Å². The minimum Gasteiger partial charge on any atom is -0.489 e. The number of hydrogen-bond donors (Lipinski definition) is 1. The molecule has 3 rings (SSSR count). The van der Waals surface area contributed by atoms with Gasteiger partial charge in [0, 0.05) is 18.8 Å². The predicted molar refractivity (Wildman–Crippen MR) is 93.3 cm³/mol. The minimum atomic E-state index is -4.60. The highest BCUT2D eigenvalue weighted by Crippen LogP contribution is 2.29. The topological polar surface area (TPSA) is 56.2 Å². The zero-order valence-electron chi connectivity index (χ0n) is 14.6. The third kappa shape index (κ3) is 4.67. The third-order valence-corrected chi connectivity index (χ3v) is 3.81. The summed E-state index contributed by atoms with van der Waals surface area (Å²) < 4.78 is 57.6. The van der Waals surface area contributed by atoms with Crippen molar-refractivity contribution in [2.75, 3.05) is 5.32 Å². The average Bonchev–Trinajstić information content (AvgIpc) is 3.04. The van der Waals surface area contributed by atoms with E-state index in [1.54, 1.807) is 24.3 Å². The molecule has 0 radical (unpaired) electrons. The first kappa shape index (κ1) is 19.4. The third-order valence-electron chi connectivity index (χ3n) is 3.81. The fraction of sp³-hybridized carbons (Fsp3) is 0.158. The van der Waals surface area contributed by atoms with Gasteiger partial charge in [0.1, 0.15) is 23.9 Å². The van der Waals surface area contributed by atoms with Gasteiger partial charge in [-0.25, -0.2) is 4.39 Å². The van der Waals surface area contributed by atoms with E-state index in [-0.39, 0.29) is 18.1 Å². The Morgan fingerprint density at radius 3 is 2.46 bits per heavy atom. The first-order chi connectivity index (χ1) is 13.2. The van der Waals surface area contributed by atoms with Crippen molar-refractivity contribution in [3.8, 4) is 5.75 Å². The molecule has 0 unspecified atom stereocenters. The highest BCUT2D eigenvalue weighted by molar-refractivity contribution is 6.02. The number of benzene rings is 2. The summed E-state index contributed by atoms with van der Waals surface area (Å²) in [5.74, 6) is -0.638. The SMILES string of the molecule is Cn1nc(C(=O)Nc2ccc(OCc3cccc(F)c3)cc2)cc1C(F)(F)F. The molecule has 0 fully saturated rings. The molecule has 3 aromatic rings. The van der Waals surface area contributed by atoms with Gasteiger partial charge in [-0.3, -0.25) is 9.48 Å². The van der Waals surface area contributed by atoms with Crippen LogP contribution in [0.1, 0.15) is 21.7 Å². The van der Waals surface area contributed by atoms with E-state index in [4.69, 9.17) is 4.74 Å². The van der Waals surface area contributed by atoms with Gasteiger partial charge < -0.3 is 10.1 Å². The fourth-order valence-electron chi connectivity index (χ4n) is 2.47. The lowest BCUT2D eigenvalue weighted by Crippen LogP contribution is -2.13. The molecule has 1 amide bonds. The van der Waals surface area contributed by atoms with Gasteiger partial charge in [-0.2, -0.15) is 18.3 Å². The fourth-order valence-corrected chi connectivity index (χ4v) is 2.47. The van der Waals surface area contributed by atoms with Crippen molar-refractivity contribution < 1.29 is 27.1 Å². The van der Waals surface area contributed by atoms with Gasteiger partial charge >= 0.3 is 6.18 Å². The zero-order chi connectivity index (χ0) is 20.3. The number of rotatable bonds is 5. The molecule has 9 heteroatoms. The Hall–Kier alpha value is -3.36. The van der Waals surface area contributed by atoms with Gasteiger partial charge in [-0.1, -0.05) is 12.1 Å². The molecule has 146 valence electrons. The number of amides is 1. The summed E-state index contributed by atoms with van der Waals surface area (Å²) >= 11 is 0. The minimum absolute atomic E-state index is 0.164. The average molecular weight is 393 g/mol. The molecule has 0 spiro atoms. The molecule has 0 atom stereocenters. The highest BCUT2D eigenvalue weighted by atomic mass is 19.4. The summed E-state index contributed by atoms with van der Waals surface area (Å²) in [6, 6.07) is 12.9. The van der Waals surface area contributed by atoms with Gasteiger partial charge in [0.15, 0.2) is 5.69 Å². The van der Waals surface area contributed by atoms with Crippen molar-refractivity contribution in [3.63, 3.8) is 0 Å². The Bertz CT molecular complexity index is 982. The van der Waals surface area contributed by atoms with Crippen molar-refractivity contribution in [1.29, 1.82) is 0 Å². The maximum Gasteiger partial charge on any atom is 0.433 e. The van der Waals surface area contributed by atoms with Crippen molar-refractivity contribution in [2.24, 2.45) is 7.05 Å². The molecule has 2 aromatic carbocycles. The molecule has 0 saturated carbocycles. The molecule has 1 aromatic heterocycles. The van der Waals surface area contributed by atoms with E-state index in [1.807, 2.05) is 0 Å². The Kier molecular flexibility index (Phi) is 5.34. The van der Waals surface area contributed by atoms with Crippen LogP contribution in [0.15, 0.2) is 54.6 Å². The van der Waals surface area contributed by atoms with Crippen molar-refractivity contribution in [2.45, 2.75) is 12.8 Å². The number of hydrogen-bond acceptors (Lipinski definition) is 3. The number of aryl methyl sites for hydroxylation is 1. The molecule has 1 N–H and O–H groups in total. The van der Waals surface area contributed by atoms with Crippen LogP contribution in [0.25, 0.3) is 0 Å². The largest absolute Gasteiger partial charge is 0.489 e. The van der Waals surface area contributed by atoms with Crippen molar-refractivity contribution >= 4 is 11.6 Å². The van der Waals surface area contributed by atoms with Crippen LogP contribution in [0.3, 0.4) is 0 Å². The van der Waals surface area contributed by atoms with Gasteiger partial charge in [-0.05, 0) is 42.0 Å². The van der Waals surface area contributed by atoms with E-state index in [0.29, 0.717) is 27.7 Å². The Morgan fingerprint density at radius 2 is 1.86 bits per heavy atom. The Balaban J connectivity index is 1.62. The Morgan fingerprint density at radius 1 is 1.14 bits per heavy atom. The second-order valence-electron chi connectivity index (χ2n) is 5.93. The Labute approximate surface area is 157 Å². The molecule has 0 saturated heterocycles. The highest BCUT2D eigenvalue weighted by Gasteiger charge is 2.35. The van der Waals surface area contributed by atoms with E-state index in [2.05, 4.69) is 10.4 Å². The smallest absolute Gasteiger partial charge is 0.433 e. The molecule has 0 aliphatic carbocycles. The first-order valence-corrected chi connectivity index (χ1v) is 8.12. The molecule has 5 nitrogen and oxygen atoms in total. The number of aromatic nitrogens is 2. The van der Waals surface area contributed by atoms with Crippen LogP contribution >= 0.6 is 0 Å². The van der Waals surface area contributed by atoms with Crippen LogP contribution in [-0.4, -0.2) is 15.7 Å². The van der Waals surface area contributed by atoms with Gasteiger partial charge in [0.25, 0.3) is 5.91 Å². The molecule has 0 aliphatic heterocycles. The number of ether oxygens (including phenoxy) is 1. The lowest BCUT2D eigenvalue weighted by molar-refractivity contribution is -0.143. The summed E-state index contributed by atoms with van der Waals surface area (Å²) in [7, 11) is 1.12. The number of carbonyl (C=O) groups excluding carboxylic acids is 1. The van der Waals surface area contributed by atoms with Crippen LogP contribution in [0, 0.1) is 5.82 Å². The van der Waals surface area contributed by atoms with Crippen molar-refractivity contribution in [3.05, 3.63) is 77.4 Å². The summed E-state index contributed by atoms with van der Waals surface area (Å²) in [4.78, 5) is 12.1. The van der Waals surface area contributed by atoms with E-state index in [0.717, 1.165) is 7.05 Å². The second-order valence-corrected chi connectivity index (χ2v) is 5.93. The van der Waals surface area contributed by atoms with Crippen LogP contribution < -0.4 is 10.1 Å². The maximum atomic E-state index is 13.1. The zero-order valence-corrected chi connectivity index (χ0v) is 14.6. The van der Waals surface area contributed by atoms with Gasteiger partial charge in [0.2, 0.25) is 0 Å². The van der Waals surface area contributed by atoms with E-state index in [1.165, 1.54) is 24.3 Å². The number of anilines is 1. The number of halogens is 4. The first-order valence-electron chi connectivity index (χ1n) is 8.12. The molecule has 0 aliphatic rings. The lowest BCUT2D eigenvalue weighted by Gasteiger charge is -2.08. The normalized spacial score (nSPS) is 11.3. The predicted octanol–water partition coefficient (Wildman–Crippen LogP) is 4.41. The van der Waals surface area contributed by atoms with Crippen LogP contribution in [-0.2, 0) is 19.8 Å². The second kappa shape index (κ2) is 7.71.